The van der Waals surface area contributed by atoms with Crippen LogP contribution in [0.5, 0.6) is 0 Å². The van der Waals surface area contributed by atoms with Crippen LogP contribution in [0.3, 0.4) is 0 Å². The molecular formula is C16H22ClN3O5S2. The summed E-state index contributed by atoms with van der Waals surface area (Å²) in [5.41, 5.74) is -1.84. The van der Waals surface area contributed by atoms with E-state index in [4.69, 9.17) is 21.1 Å². The number of hydrogen-bond donors (Lipinski definition) is 1. The number of nitrogens with one attached hydrogen (secondary N) is 1. The summed E-state index contributed by atoms with van der Waals surface area (Å²) in [6.07, 6.45) is -0.439. The predicted octanol–water partition coefficient (Wildman–Crippen LogP) is 2.54. The van der Waals surface area contributed by atoms with Gasteiger partial charge in [-0.1, -0.05) is 11.6 Å². The van der Waals surface area contributed by atoms with Crippen molar-refractivity contribution in [1.82, 2.24) is 9.62 Å². The fourth-order valence-electron chi connectivity index (χ4n) is 3.16. The molecule has 1 aromatic heterocycles. The second-order valence-corrected chi connectivity index (χ2v) is 10.9. The molecule has 0 aromatic carbocycles. The molecule has 2 atom stereocenters. The van der Waals surface area contributed by atoms with Crippen molar-refractivity contribution < 1.29 is 22.7 Å². The highest BCUT2D eigenvalue weighted by molar-refractivity contribution is 7.90. The lowest BCUT2D eigenvalue weighted by Gasteiger charge is -2.45. The molecule has 0 bridgehead atoms. The number of carbonyl (C=O) groups is 1. The van der Waals surface area contributed by atoms with Gasteiger partial charge in [0.2, 0.25) is 16.0 Å². The Hall–Kier alpha value is -1.36. The van der Waals surface area contributed by atoms with E-state index < -0.39 is 32.5 Å². The Labute approximate surface area is 167 Å². The van der Waals surface area contributed by atoms with Gasteiger partial charge in [0.15, 0.2) is 0 Å². The monoisotopic (exact) mass is 435 g/mol. The standard InChI is InChI=1S/C16H22ClN3O5S2/c1-15(2,3)25-14(21)18-13-19-16(12-10(17)5-8-26-12)6-7-24-9-11(16)27(22,23)20(13)4/h5,8,11H,6-7,9H2,1-4H3,(H,18,19,21)/t11?,16-/m0/s1. The van der Waals surface area contributed by atoms with E-state index in [1.807, 2.05) is 0 Å². The van der Waals surface area contributed by atoms with Crippen LogP contribution in [0.1, 0.15) is 32.1 Å². The zero-order chi connectivity index (χ0) is 20.0. The summed E-state index contributed by atoms with van der Waals surface area (Å²) in [6.45, 7) is 5.50. The van der Waals surface area contributed by atoms with E-state index in [9.17, 15) is 13.2 Å². The van der Waals surface area contributed by atoms with Gasteiger partial charge >= 0.3 is 6.09 Å². The van der Waals surface area contributed by atoms with Gasteiger partial charge in [-0.2, -0.15) is 0 Å². The third-order valence-electron chi connectivity index (χ3n) is 4.40. The lowest BCUT2D eigenvalue weighted by Crippen LogP contribution is -2.62. The average Bonchev–Trinajstić information content (AvgIpc) is 2.97. The van der Waals surface area contributed by atoms with Gasteiger partial charge in [-0.05, 0) is 32.2 Å². The number of ether oxygens (including phenoxy) is 2. The topological polar surface area (TPSA) is 97.3 Å². The van der Waals surface area contributed by atoms with Crippen molar-refractivity contribution in [2.45, 2.75) is 43.6 Å². The highest BCUT2D eigenvalue weighted by atomic mass is 35.5. The van der Waals surface area contributed by atoms with Crippen molar-refractivity contribution in [1.29, 1.82) is 0 Å². The molecule has 11 heteroatoms. The number of aliphatic imine (C=N–C) groups is 1. The number of alkyl carbamates (subject to hydrolysis) is 1. The summed E-state index contributed by atoms with van der Waals surface area (Å²) >= 11 is 7.68. The van der Waals surface area contributed by atoms with E-state index in [1.54, 1.807) is 32.2 Å². The molecule has 8 nitrogen and oxygen atoms in total. The first-order valence-corrected chi connectivity index (χ1v) is 11.1. The highest BCUT2D eigenvalue weighted by Gasteiger charge is 2.56. The number of amides is 1. The third kappa shape index (κ3) is 3.67. The molecule has 1 aromatic rings. The van der Waals surface area contributed by atoms with E-state index in [-0.39, 0.29) is 12.6 Å². The minimum absolute atomic E-state index is 0.00409. The van der Waals surface area contributed by atoms with Gasteiger partial charge in [-0.3, -0.25) is 5.32 Å². The molecule has 1 N–H and O–H groups in total. The van der Waals surface area contributed by atoms with E-state index in [0.717, 1.165) is 4.31 Å². The van der Waals surface area contributed by atoms with Gasteiger partial charge < -0.3 is 9.47 Å². The minimum atomic E-state index is -3.85. The molecule has 2 aliphatic heterocycles. The number of thiophene rings is 1. The van der Waals surface area contributed by atoms with Crippen LogP contribution in [0.25, 0.3) is 0 Å². The number of nitrogens with zero attached hydrogens (tertiary/aromatic N) is 2. The first kappa shape index (κ1) is 20.4. The van der Waals surface area contributed by atoms with Crippen LogP contribution in [0.2, 0.25) is 5.02 Å². The molecule has 3 heterocycles. The Morgan fingerprint density at radius 3 is 2.81 bits per heavy atom. The molecule has 1 unspecified atom stereocenters. The molecule has 0 spiro atoms. The average molecular weight is 436 g/mol. The minimum Gasteiger partial charge on any atom is -0.444 e. The highest BCUT2D eigenvalue weighted by Crippen LogP contribution is 2.47. The lowest BCUT2D eigenvalue weighted by atomic mass is 9.88. The van der Waals surface area contributed by atoms with Gasteiger partial charge in [0.25, 0.3) is 0 Å². The third-order valence-corrected chi connectivity index (χ3v) is 8.09. The Morgan fingerprint density at radius 2 is 2.22 bits per heavy atom. The zero-order valence-electron chi connectivity index (χ0n) is 15.5. The van der Waals surface area contributed by atoms with Gasteiger partial charge in [0, 0.05) is 20.1 Å². The van der Waals surface area contributed by atoms with E-state index >= 15 is 0 Å². The number of carbonyl (C=O) groups excluding carboxylic acids is 1. The normalized spacial score (nSPS) is 27.5. The fraction of sp³-hybridized carbons (Fsp3) is 0.625. The maximum atomic E-state index is 13.2. The molecule has 0 saturated carbocycles. The Bertz CT molecular complexity index is 877. The van der Waals surface area contributed by atoms with E-state index in [1.165, 1.54) is 18.4 Å². The summed E-state index contributed by atoms with van der Waals surface area (Å²) in [6, 6.07) is 1.71. The second kappa shape index (κ2) is 6.91. The zero-order valence-corrected chi connectivity index (χ0v) is 17.9. The largest absolute Gasteiger partial charge is 0.444 e. The van der Waals surface area contributed by atoms with Crippen LogP contribution in [0.15, 0.2) is 16.4 Å². The second-order valence-electron chi connectivity index (χ2n) is 7.41. The Kier molecular flexibility index (Phi) is 5.21. The SMILES string of the molecule is CN1C(NC(=O)OC(C)(C)C)=N[C@@]2(c3sccc3Cl)CCOCC2S1(=O)=O. The van der Waals surface area contributed by atoms with Crippen molar-refractivity contribution in [3.05, 3.63) is 21.3 Å². The molecule has 0 aliphatic carbocycles. The first-order chi connectivity index (χ1) is 12.5. The molecular weight excluding hydrogens is 414 g/mol. The van der Waals surface area contributed by atoms with Gasteiger partial charge in [-0.15, -0.1) is 11.3 Å². The lowest BCUT2D eigenvalue weighted by molar-refractivity contribution is 0.0518. The van der Waals surface area contributed by atoms with Gasteiger partial charge in [0.05, 0.1) is 16.5 Å². The van der Waals surface area contributed by atoms with Crippen molar-refractivity contribution in [2.75, 3.05) is 20.3 Å². The quantitative estimate of drug-likeness (QED) is 0.731. The number of fused-ring (bicyclic) bond motifs is 1. The van der Waals surface area contributed by atoms with Gasteiger partial charge in [0.1, 0.15) is 16.4 Å². The molecule has 0 radical (unpaired) electrons. The summed E-state index contributed by atoms with van der Waals surface area (Å²) in [7, 11) is -2.50. The molecule has 1 saturated heterocycles. The maximum absolute atomic E-state index is 13.2. The maximum Gasteiger partial charge on any atom is 0.414 e. The van der Waals surface area contributed by atoms with Crippen LogP contribution in [-0.4, -0.2) is 55.9 Å². The predicted molar refractivity (Wildman–Crippen MR) is 104 cm³/mol. The van der Waals surface area contributed by atoms with Crippen LogP contribution in [0.4, 0.5) is 4.79 Å². The Balaban J connectivity index is 2.09. The summed E-state index contributed by atoms with van der Waals surface area (Å²) in [5, 5.41) is 3.79. The molecule has 2 aliphatic rings. The van der Waals surface area contributed by atoms with Crippen LogP contribution < -0.4 is 5.32 Å². The molecule has 1 amide bonds. The van der Waals surface area contributed by atoms with Crippen molar-refractivity contribution in [3.63, 3.8) is 0 Å². The summed E-state index contributed by atoms with van der Waals surface area (Å²) in [5.74, 6) is -0.0909. The van der Waals surface area contributed by atoms with Crippen molar-refractivity contribution >= 4 is 45.0 Å². The Morgan fingerprint density at radius 1 is 1.52 bits per heavy atom. The van der Waals surface area contributed by atoms with E-state index in [2.05, 4.69) is 10.3 Å². The fourth-order valence-corrected chi connectivity index (χ4v) is 6.45. The number of rotatable bonds is 1. The van der Waals surface area contributed by atoms with Crippen molar-refractivity contribution in [3.8, 4) is 0 Å². The van der Waals surface area contributed by atoms with E-state index in [0.29, 0.717) is 22.9 Å². The smallest absolute Gasteiger partial charge is 0.414 e. The number of hydrogen-bond acceptors (Lipinski definition) is 7. The van der Waals surface area contributed by atoms with Crippen LogP contribution in [0, 0.1) is 0 Å². The van der Waals surface area contributed by atoms with Crippen molar-refractivity contribution in [2.24, 2.45) is 4.99 Å². The van der Waals surface area contributed by atoms with Gasteiger partial charge in [-0.25, -0.2) is 22.5 Å². The molecule has 1 fully saturated rings. The van der Waals surface area contributed by atoms with Crippen LogP contribution >= 0.6 is 22.9 Å². The summed E-state index contributed by atoms with van der Waals surface area (Å²) < 4.78 is 38.0. The summed E-state index contributed by atoms with van der Waals surface area (Å²) in [4.78, 5) is 17.6. The number of guanidine groups is 1. The number of halogens is 1. The van der Waals surface area contributed by atoms with Crippen LogP contribution in [-0.2, 0) is 25.0 Å². The first-order valence-electron chi connectivity index (χ1n) is 8.36. The molecule has 27 heavy (non-hydrogen) atoms. The molecule has 3 rings (SSSR count). The number of sulfonamides is 1. The molecule has 150 valence electrons.